The number of nitrogens with one attached hydrogen (secondary N) is 1. The molecule has 13 heavy (non-hydrogen) atoms. The van der Waals surface area contributed by atoms with Crippen LogP contribution >= 0.6 is 0 Å². The summed E-state index contributed by atoms with van der Waals surface area (Å²) in [4.78, 5) is 2.26. The number of aromatic nitrogens is 2. The fourth-order valence-electron chi connectivity index (χ4n) is 1.60. The van der Waals surface area contributed by atoms with Gasteiger partial charge >= 0.3 is 0 Å². The lowest BCUT2D eigenvalue weighted by Crippen LogP contribution is -2.49. The highest BCUT2D eigenvalue weighted by atomic mass is 15.3. The van der Waals surface area contributed by atoms with Crippen molar-refractivity contribution >= 4 is 5.82 Å². The van der Waals surface area contributed by atoms with Crippen molar-refractivity contribution < 1.29 is 0 Å². The molecule has 4 heteroatoms. The Morgan fingerprint density at radius 2 is 2.54 bits per heavy atom. The van der Waals surface area contributed by atoms with Crippen molar-refractivity contribution in [2.75, 3.05) is 24.5 Å². The molecule has 0 aliphatic carbocycles. The van der Waals surface area contributed by atoms with Gasteiger partial charge in [-0.3, -0.25) is 0 Å². The molecular weight excluding hydrogens is 164 g/mol. The second kappa shape index (κ2) is 3.70. The molecule has 1 aliphatic heterocycles. The van der Waals surface area contributed by atoms with E-state index in [9.17, 15) is 0 Å². The smallest absolute Gasteiger partial charge is 0.151 e. The lowest BCUT2D eigenvalue weighted by Gasteiger charge is -2.32. The van der Waals surface area contributed by atoms with E-state index in [1.807, 2.05) is 12.1 Å². The van der Waals surface area contributed by atoms with Gasteiger partial charge in [0.05, 0.1) is 0 Å². The van der Waals surface area contributed by atoms with E-state index in [0.717, 1.165) is 25.5 Å². The van der Waals surface area contributed by atoms with Crippen LogP contribution in [-0.2, 0) is 0 Å². The van der Waals surface area contributed by atoms with Gasteiger partial charge in [0.15, 0.2) is 5.82 Å². The molecule has 70 valence electrons. The molecule has 0 radical (unpaired) electrons. The van der Waals surface area contributed by atoms with E-state index in [0.29, 0.717) is 6.04 Å². The Morgan fingerprint density at radius 1 is 1.62 bits per heavy atom. The Bertz CT molecular complexity index is 262. The minimum atomic E-state index is 0.538. The normalized spacial score (nSPS) is 23.2. The van der Waals surface area contributed by atoms with E-state index >= 15 is 0 Å². The maximum absolute atomic E-state index is 4.08. The molecule has 0 aromatic carbocycles. The molecule has 0 spiro atoms. The Kier molecular flexibility index (Phi) is 2.40. The van der Waals surface area contributed by atoms with Gasteiger partial charge in [-0.15, -0.1) is 5.10 Å². The zero-order valence-corrected chi connectivity index (χ0v) is 7.77. The zero-order valence-electron chi connectivity index (χ0n) is 7.77. The number of rotatable bonds is 1. The average molecular weight is 178 g/mol. The second-order valence-corrected chi connectivity index (χ2v) is 3.38. The van der Waals surface area contributed by atoms with Crippen molar-refractivity contribution in [3.63, 3.8) is 0 Å². The number of anilines is 1. The van der Waals surface area contributed by atoms with Crippen LogP contribution in [0.2, 0.25) is 0 Å². The monoisotopic (exact) mass is 178 g/mol. The van der Waals surface area contributed by atoms with Crippen molar-refractivity contribution in [1.82, 2.24) is 15.5 Å². The van der Waals surface area contributed by atoms with E-state index in [1.54, 1.807) is 6.20 Å². The van der Waals surface area contributed by atoms with Crippen molar-refractivity contribution in [2.45, 2.75) is 13.0 Å². The number of nitrogens with zero attached hydrogens (tertiary/aromatic N) is 3. The molecule has 0 bridgehead atoms. The quantitative estimate of drug-likeness (QED) is 0.670. The summed E-state index contributed by atoms with van der Waals surface area (Å²) >= 11 is 0. The van der Waals surface area contributed by atoms with Crippen molar-refractivity contribution in [1.29, 1.82) is 0 Å². The van der Waals surface area contributed by atoms with Crippen molar-refractivity contribution in [3.05, 3.63) is 18.3 Å². The summed E-state index contributed by atoms with van der Waals surface area (Å²) in [7, 11) is 0. The highest BCUT2D eigenvalue weighted by Gasteiger charge is 2.16. The molecule has 2 rings (SSSR count). The summed E-state index contributed by atoms with van der Waals surface area (Å²) < 4.78 is 0. The maximum Gasteiger partial charge on any atom is 0.151 e. The summed E-state index contributed by atoms with van der Waals surface area (Å²) in [6.45, 7) is 5.24. The third kappa shape index (κ3) is 1.95. The fourth-order valence-corrected chi connectivity index (χ4v) is 1.60. The molecule has 1 saturated heterocycles. The molecule has 1 N–H and O–H groups in total. The summed E-state index contributed by atoms with van der Waals surface area (Å²) in [6, 6.07) is 4.47. The zero-order chi connectivity index (χ0) is 9.10. The van der Waals surface area contributed by atoms with Crippen LogP contribution in [0.5, 0.6) is 0 Å². The predicted molar refractivity (Wildman–Crippen MR) is 51.7 cm³/mol. The van der Waals surface area contributed by atoms with Gasteiger partial charge in [0, 0.05) is 31.9 Å². The lowest BCUT2D eigenvalue weighted by molar-refractivity contribution is 0.481. The molecule has 0 amide bonds. The Labute approximate surface area is 78.0 Å². The van der Waals surface area contributed by atoms with E-state index in [2.05, 4.69) is 27.3 Å². The Morgan fingerprint density at radius 3 is 3.23 bits per heavy atom. The maximum atomic E-state index is 4.08. The van der Waals surface area contributed by atoms with Crippen LogP contribution in [0.3, 0.4) is 0 Å². The Hall–Kier alpha value is -1.16. The lowest BCUT2D eigenvalue weighted by atomic mass is 10.2. The SMILES string of the molecule is C[C@@H]1CN(c2cccnn2)CCN1. The van der Waals surface area contributed by atoms with E-state index < -0.39 is 0 Å². The molecule has 1 aliphatic rings. The molecule has 0 unspecified atom stereocenters. The Balaban J connectivity index is 2.08. The largest absolute Gasteiger partial charge is 0.352 e. The molecular formula is C9H14N4. The van der Waals surface area contributed by atoms with Gasteiger partial charge in [-0.1, -0.05) is 0 Å². The van der Waals surface area contributed by atoms with E-state index in [4.69, 9.17) is 0 Å². The average Bonchev–Trinajstić information content (AvgIpc) is 2.19. The number of hydrogen-bond donors (Lipinski definition) is 1. The molecule has 0 saturated carbocycles. The first kappa shape index (κ1) is 8.44. The fraction of sp³-hybridized carbons (Fsp3) is 0.556. The molecule has 1 fully saturated rings. The van der Waals surface area contributed by atoms with Crippen LogP contribution in [0.15, 0.2) is 18.3 Å². The molecule has 2 heterocycles. The minimum absolute atomic E-state index is 0.538. The van der Waals surface area contributed by atoms with Crippen LogP contribution in [0.25, 0.3) is 0 Å². The number of piperazine rings is 1. The minimum Gasteiger partial charge on any atom is -0.352 e. The molecule has 4 nitrogen and oxygen atoms in total. The second-order valence-electron chi connectivity index (χ2n) is 3.38. The third-order valence-corrected chi connectivity index (χ3v) is 2.25. The van der Waals surface area contributed by atoms with Crippen LogP contribution < -0.4 is 10.2 Å². The van der Waals surface area contributed by atoms with Gasteiger partial charge in [0.25, 0.3) is 0 Å². The molecule has 1 aromatic heterocycles. The van der Waals surface area contributed by atoms with Gasteiger partial charge in [-0.25, -0.2) is 0 Å². The van der Waals surface area contributed by atoms with Crippen LogP contribution in [-0.4, -0.2) is 35.9 Å². The van der Waals surface area contributed by atoms with Crippen LogP contribution in [0, 0.1) is 0 Å². The highest BCUT2D eigenvalue weighted by Crippen LogP contribution is 2.10. The van der Waals surface area contributed by atoms with E-state index in [1.165, 1.54) is 0 Å². The summed E-state index contributed by atoms with van der Waals surface area (Å²) in [5, 5.41) is 11.3. The van der Waals surface area contributed by atoms with Gasteiger partial charge in [-0.05, 0) is 19.1 Å². The standard InChI is InChI=1S/C9H14N4/c1-8-7-13(6-5-10-8)9-3-2-4-11-12-9/h2-4,8,10H,5-7H2,1H3/t8-/m1/s1. The van der Waals surface area contributed by atoms with Gasteiger partial charge in [0.1, 0.15) is 0 Å². The summed E-state index contributed by atoms with van der Waals surface area (Å²) in [5.74, 6) is 0.982. The predicted octanol–water partition coefficient (Wildman–Crippen LogP) is 0.275. The van der Waals surface area contributed by atoms with Gasteiger partial charge < -0.3 is 10.2 Å². The number of hydrogen-bond acceptors (Lipinski definition) is 4. The van der Waals surface area contributed by atoms with Crippen LogP contribution in [0.1, 0.15) is 6.92 Å². The van der Waals surface area contributed by atoms with Crippen LogP contribution in [0.4, 0.5) is 5.82 Å². The molecule has 1 aromatic rings. The van der Waals surface area contributed by atoms with Crippen molar-refractivity contribution in [3.8, 4) is 0 Å². The van der Waals surface area contributed by atoms with E-state index in [-0.39, 0.29) is 0 Å². The first-order valence-corrected chi connectivity index (χ1v) is 4.62. The third-order valence-electron chi connectivity index (χ3n) is 2.25. The summed E-state index contributed by atoms with van der Waals surface area (Å²) in [5.41, 5.74) is 0. The van der Waals surface area contributed by atoms with Gasteiger partial charge in [-0.2, -0.15) is 5.10 Å². The van der Waals surface area contributed by atoms with Gasteiger partial charge in [0.2, 0.25) is 0 Å². The summed E-state index contributed by atoms with van der Waals surface area (Å²) in [6.07, 6.45) is 1.70. The first-order valence-electron chi connectivity index (χ1n) is 4.62. The molecule has 1 atom stereocenters. The first-order chi connectivity index (χ1) is 6.36. The topological polar surface area (TPSA) is 41.1 Å². The van der Waals surface area contributed by atoms with Crippen molar-refractivity contribution in [2.24, 2.45) is 0 Å². The highest BCUT2D eigenvalue weighted by molar-refractivity contribution is 5.37.